The van der Waals surface area contributed by atoms with E-state index >= 15 is 0 Å². The molecule has 0 radical (unpaired) electrons. The molecule has 1 aliphatic heterocycles. The van der Waals surface area contributed by atoms with Crippen LogP contribution in [0.4, 0.5) is 0 Å². The summed E-state index contributed by atoms with van der Waals surface area (Å²) in [6, 6.07) is 6.26. The van der Waals surface area contributed by atoms with Crippen molar-refractivity contribution >= 4 is 23.2 Å². The van der Waals surface area contributed by atoms with Gasteiger partial charge in [0.15, 0.2) is 0 Å². The number of likely N-dealkylation sites (tertiary alicyclic amines) is 1. The first kappa shape index (κ1) is 13.7. The Kier molecular flexibility index (Phi) is 4.07. The summed E-state index contributed by atoms with van der Waals surface area (Å²) < 4.78 is 0. The molecule has 1 aromatic rings. The quantitative estimate of drug-likeness (QED) is 0.871. The Balaban J connectivity index is 1.79. The largest absolute Gasteiger partial charge is 0.334 e. The summed E-state index contributed by atoms with van der Waals surface area (Å²) in [5, 5.41) is 1.38. The highest BCUT2D eigenvalue weighted by Gasteiger charge is 2.42. The van der Waals surface area contributed by atoms with Crippen LogP contribution in [0.25, 0.3) is 0 Å². The van der Waals surface area contributed by atoms with Crippen molar-refractivity contribution < 1.29 is 4.90 Å². The van der Waals surface area contributed by atoms with Crippen molar-refractivity contribution in [2.24, 2.45) is 0 Å². The predicted octanol–water partition coefficient (Wildman–Crippen LogP) is 3.48. The van der Waals surface area contributed by atoms with Crippen LogP contribution in [0.2, 0.25) is 10.0 Å². The zero-order valence-corrected chi connectivity index (χ0v) is 12.9. The van der Waals surface area contributed by atoms with Crippen molar-refractivity contribution in [2.75, 3.05) is 19.6 Å². The molecule has 0 bridgehead atoms. The highest BCUT2D eigenvalue weighted by atomic mass is 35.5. The lowest BCUT2D eigenvalue weighted by atomic mass is 9.64. The van der Waals surface area contributed by atoms with Crippen molar-refractivity contribution in [1.29, 1.82) is 0 Å². The molecule has 2 fully saturated rings. The first-order chi connectivity index (χ1) is 9.20. The Morgan fingerprint density at radius 1 is 0.947 bits per heavy atom. The van der Waals surface area contributed by atoms with Crippen molar-refractivity contribution in [3.63, 3.8) is 0 Å². The predicted molar refractivity (Wildman–Crippen MR) is 81.4 cm³/mol. The van der Waals surface area contributed by atoms with Crippen LogP contribution in [0.3, 0.4) is 0 Å². The summed E-state index contributed by atoms with van der Waals surface area (Å²) >= 11 is 12.3. The molecule has 0 unspecified atom stereocenters. The first-order valence-electron chi connectivity index (χ1n) is 7.49. The molecule has 0 spiro atoms. The average molecular weight is 299 g/mol. The standard InChI is InChI=1S/C16H21Cl2N/c17-14-6-5-13(11-15(14)18)16(7-4-8-16)12-19-9-2-1-3-10-19/h5-6,11H,1-4,7-10,12H2/p+1. The summed E-state index contributed by atoms with van der Waals surface area (Å²) in [4.78, 5) is 1.79. The molecule has 1 saturated carbocycles. The van der Waals surface area contributed by atoms with Crippen LogP contribution in [0.15, 0.2) is 18.2 Å². The Morgan fingerprint density at radius 2 is 1.68 bits per heavy atom. The summed E-state index contributed by atoms with van der Waals surface area (Å²) in [5.41, 5.74) is 1.78. The molecule has 3 heteroatoms. The number of hydrogen-bond acceptors (Lipinski definition) is 0. The van der Waals surface area contributed by atoms with E-state index in [1.807, 2.05) is 6.07 Å². The van der Waals surface area contributed by atoms with Crippen molar-refractivity contribution in [3.05, 3.63) is 33.8 Å². The van der Waals surface area contributed by atoms with Crippen LogP contribution in [-0.2, 0) is 5.41 Å². The minimum Gasteiger partial charge on any atom is -0.334 e. The fraction of sp³-hybridized carbons (Fsp3) is 0.625. The molecule has 104 valence electrons. The van der Waals surface area contributed by atoms with E-state index in [1.165, 1.54) is 63.7 Å². The van der Waals surface area contributed by atoms with Gasteiger partial charge >= 0.3 is 0 Å². The maximum absolute atomic E-state index is 6.20. The van der Waals surface area contributed by atoms with Crippen molar-refractivity contribution in [1.82, 2.24) is 0 Å². The minimum atomic E-state index is 0.376. The second-order valence-corrected chi connectivity index (χ2v) is 7.06. The van der Waals surface area contributed by atoms with Crippen LogP contribution < -0.4 is 4.90 Å². The second-order valence-electron chi connectivity index (χ2n) is 6.25. The van der Waals surface area contributed by atoms with E-state index in [4.69, 9.17) is 23.2 Å². The number of quaternary nitrogens is 1. The van der Waals surface area contributed by atoms with Crippen LogP contribution in [-0.4, -0.2) is 19.6 Å². The third-order valence-corrected chi connectivity index (χ3v) is 5.73. The third kappa shape index (κ3) is 2.79. The van der Waals surface area contributed by atoms with E-state index in [9.17, 15) is 0 Å². The maximum atomic E-state index is 6.20. The molecule has 1 aromatic carbocycles. The van der Waals surface area contributed by atoms with Crippen LogP contribution in [0, 0.1) is 0 Å². The van der Waals surface area contributed by atoms with Gasteiger partial charge in [-0.15, -0.1) is 0 Å². The van der Waals surface area contributed by atoms with Crippen LogP contribution >= 0.6 is 23.2 Å². The van der Waals surface area contributed by atoms with E-state index in [0.717, 1.165) is 0 Å². The average Bonchev–Trinajstić information content (AvgIpc) is 2.38. The summed E-state index contributed by atoms with van der Waals surface area (Å²) in [6.45, 7) is 3.98. The fourth-order valence-electron chi connectivity index (χ4n) is 3.70. The number of nitrogens with one attached hydrogen (secondary N) is 1. The molecule has 0 aromatic heterocycles. The highest BCUT2D eigenvalue weighted by molar-refractivity contribution is 6.42. The number of rotatable bonds is 3. The van der Waals surface area contributed by atoms with Gasteiger partial charge in [0.05, 0.1) is 29.7 Å². The monoisotopic (exact) mass is 298 g/mol. The number of halogens is 2. The molecule has 1 saturated heterocycles. The molecule has 1 aliphatic carbocycles. The molecule has 3 rings (SSSR count). The van der Waals surface area contributed by atoms with Crippen molar-refractivity contribution in [2.45, 2.75) is 43.9 Å². The molecule has 2 aliphatic rings. The minimum absolute atomic E-state index is 0.376. The van der Waals surface area contributed by atoms with E-state index < -0.39 is 0 Å². The Labute approximate surface area is 125 Å². The van der Waals surface area contributed by atoms with Gasteiger partial charge in [-0.2, -0.15) is 0 Å². The van der Waals surface area contributed by atoms with Gasteiger partial charge in [0, 0.05) is 5.41 Å². The number of piperidine rings is 1. The molecular formula is C16H22Cl2N+. The molecule has 1 nitrogen and oxygen atoms in total. The molecule has 1 N–H and O–H groups in total. The second kappa shape index (κ2) is 5.63. The van der Waals surface area contributed by atoms with Gasteiger partial charge in [-0.3, -0.25) is 0 Å². The lowest BCUT2D eigenvalue weighted by molar-refractivity contribution is -0.910. The molecular weight excluding hydrogens is 277 g/mol. The lowest BCUT2D eigenvalue weighted by Crippen LogP contribution is -3.14. The van der Waals surface area contributed by atoms with Crippen LogP contribution in [0.1, 0.15) is 44.1 Å². The Hall–Kier alpha value is -0.240. The van der Waals surface area contributed by atoms with Gasteiger partial charge in [-0.1, -0.05) is 35.7 Å². The van der Waals surface area contributed by atoms with Crippen LogP contribution in [0.5, 0.6) is 0 Å². The zero-order valence-electron chi connectivity index (χ0n) is 11.4. The van der Waals surface area contributed by atoms with Gasteiger partial charge in [0.1, 0.15) is 0 Å². The first-order valence-corrected chi connectivity index (χ1v) is 8.24. The smallest absolute Gasteiger partial charge is 0.0869 e. The van der Waals surface area contributed by atoms with E-state index in [2.05, 4.69) is 12.1 Å². The van der Waals surface area contributed by atoms with Gasteiger partial charge in [0.25, 0.3) is 0 Å². The summed E-state index contributed by atoms with van der Waals surface area (Å²) in [7, 11) is 0. The molecule has 0 amide bonds. The Bertz CT molecular complexity index is 448. The summed E-state index contributed by atoms with van der Waals surface area (Å²) in [6.07, 6.45) is 8.19. The molecule has 1 heterocycles. The molecule has 0 atom stereocenters. The van der Waals surface area contributed by atoms with E-state index in [1.54, 1.807) is 4.90 Å². The van der Waals surface area contributed by atoms with Gasteiger partial charge in [-0.05, 0) is 49.8 Å². The zero-order chi connectivity index (χ0) is 13.3. The van der Waals surface area contributed by atoms with Gasteiger partial charge < -0.3 is 4.90 Å². The normalized spacial score (nSPS) is 23.1. The highest BCUT2D eigenvalue weighted by Crippen LogP contribution is 2.44. The van der Waals surface area contributed by atoms with E-state index in [0.29, 0.717) is 15.5 Å². The van der Waals surface area contributed by atoms with Crippen molar-refractivity contribution in [3.8, 4) is 0 Å². The maximum Gasteiger partial charge on any atom is 0.0869 e. The third-order valence-electron chi connectivity index (χ3n) is 4.99. The SMILES string of the molecule is Clc1ccc(C2(C[NH+]3CCCCC3)CCC2)cc1Cl. The number of hydrogen-bond donors (Lipinski definition) is 1. The van der Waals surface area contributed by atoms with E-state index in [-0.39, 0.29) is 0 Å². The lowest BCUT2D eigenvalue weighted by Gasteiger charge is -2.44. The summed E-state index contributed by atoms with van der Waals surface area (Å²) in [5.74, 6) is 0. The fourth-order valence-corrected chi connectivity index (χ4v) is 4.00. The number of benzene rings is 1. The topological polar surface area (TPSA) is 4.44 Å². The molecule has 19 heavy (non-hydrogen) atoms. The Morgan fingerprint density at radius 3 is 2.26 bits per heavy atom. The van der Waals surface area contributed by atoms with Gasteiger partial charge in [-0.25, -0.2) is 0 Å². The van der Waals surface area contributed by atoms with Gasteiger partial charge in [0.2, 0.25) is 0 Å².